The third kappa shape index (κ3) is 3.99. The average molecular weight is 360 g/mol. The third-order valence-corrected chi connectivity index (χ3v) is 5.25. The van der Waals surface area contributed by atoms with Crippen LogP contribution in [0.1, 0.15) is 40.5 Å². The van der Waals surface area contributed by atoms with Gasteiger partial charge in [-0.05, 0) is 37.1 Å². The zero-order valence-corrected chi connectivity index (χ0v) is 15.0. The SMILES string of the molecule is COC(=O)c1ccc(CNc2ccccc2S(C)(=O)=O)nc1C1CC1. The standard InChI is InChI=1S/C18H20N2O4S/c1-24-18(21)14-10-9-13(20-17(14)12-7-8-12)11-19-15-5-3-4-6-16(15)25(2,22)23/h3-6,9-10,12,19H,7-8,11H2,1-2H3. The molecule has 0 unspecified atom stereocenters. The molecule has 0 atom stereocenters. The van der Waals surface area contributed by atoms with Crippen LogP contribution in [-0.4, -0.2) is 32.7 Å². The predicted octanol–water partition coefficient (Wildman–Crippen LogP) is 2.76. The van der Waals surface area contributed by atoms with Crippen molar-refractivity contribution in [2.75, 3.05) is 18.7 Å². The number of benzene rings is 1. The monoisotopic (exact) mass is 360 g/mol. The average Bonchev–Trinajstić information content (AvgIpc) is 3.43. The number of sulfone groups is 1. The molecule has 132 valence electrons. The molecule has 1 N–H and O–H groups in total. The number of nitrogens with one attached hydrogen (secondary N) is 1. The smallest absolute Gasteiger partial charge is 0.339 e. The van der Waals surface area contributed by atoms with Gasteiger partial charge in [-0.1, -0.05) is 12.1 Å². The maximum absolute atomic E-state index is 11.9. The van der Waals surface area contributed by atoms with Gasteiger partial charge in [-0.25, -0.2) is 13.2 Å². The summed E-state index contributed by atoms with van der Waals surface area (Å²) in [5, 5.41) is 3.13. The summed E-state index contributed by atoms with van der Waals surface area (Å²) in [5.41, 5.74) is 2.56. The Kier molecular flexibility index (Phi) is 4.76. The van der Waals surface area contributed by atoms with E-state index < -0.39 is 9.84 Å². The van der Waals surface area contributed by atoms with Gasteiger partial charge in [0, 0.05) is 12.2 Å². The van der Waals surface area contributed by atoms with Crippen LogP contribution in [0.25, 0.3) is 0 Å². The van der Waals surface area contributed by atoms with Crippen LogP contribution in [0.3, 0.4) is 0 Å². The van der Waals surface area contributed by atoms with Crippen molar-refractivity contribution in [2.45, 2.75) is 30.2 Å². The molecule has 1 heterocycles. The van der Waals surface area contributed by atoms with Crippen molar-refractivity contribution in [2.24, 2.45) is 0 Å². The number of methoxy groups -OCH3 is 1. The van der Waals surface area contributed by atoms with Gasteiger partial charge in [0.05, 0.1) is 41.2 Å². The van der Waals surface area contributed by atoms with Crippen molar-refractivity contribution in [1.29, 1.82) is 0 Å². The van der Waals surface area contributed by atoms with Gasteiger partial charge in [0.25, 0.3) is 0 Å². The van der Waals surface area contributed by atoms with Gasteiger partial charge < -0.3 is 10.1 Å². The van der Waals surface area contributed by atoms with E-state index in [4.69, 9.17) is 4.74 Å². The number of hydrogen-bond acceptors (Lipinski definition) is 6. The Morgan fingerprint density at radius 2 is 1.96 bits per heavy atom. The lowest BCUT2D eigenvalue weighted by molar-refractivity contribution is 0.0598. The minimum absolute atomic E-state index is 0.253. The molecule has 0 bridgehead atoms. The van der Waals surface area contributed by atoms with Gasteiger partial charge in [-0.2, -0.15) is 0 Å². The second-order valence-electron chi connectivity index (χ2n) is 6.12. The molecule has 0 aliphatic heterocycles. The third-order valence-electron chi connectivity index (χ3n) is 4.10. The topological polar surface area (TPSA) is 85.4 Å². The lowest BCUT2D eigenvalue weighted by atomic mass is 10.1. The van der Waals surface area contributed by atoms with Crippen LogP contribution in [0.5, 0.6) is 0 Å². The van der Waals surface area contributed by atoms with E-state index in [0.29, 0.717) is 23.7 Å². The van der Waals surface area contributed by atoms with Crippen molar-refractivity contribution in [3.8, 4) is 0 Å². The van der Waals surface area contributed by atoms with Crippen LogP contribution in [0.2, 0.25) is 0 Å². The summed E-state index contributed by atoms with van der Waals surface area (Å²) < 4.78 is 28.5. The zero-order chi connectivity index (χ0) is 18.0. The molecule has 0 saturated heterocycles. The summed E-state index contributed by atoms with van der Waals surface area (Å²) in [5.74, 6) is -0.0753. The number of hydrogen-bond donors (Lipinski definition) is 1. The minimum atomic E-state index is -3.31. The molecule has 0 amide bonds. The molecular formula is C18H20N2O4S. The van der Waals surface area contributed by atoms with E-state index in [1.165, 1.54) is 13.4 Å². The van der Waals surface area contributed by atoms with E-state index in [2.05, 4.69) is 10.3 Å². The second-order valence-corrected chi connectivity index (χ2v) is 8.11. The molecule has 1 aromatic heterocycles. The molecule has 1 fully saturated rings. The number of nitrogens with zero attached hydrogens (tertiary/aromatic N) is 1. The van der Waals surface area contributed by atoms with Crippen molar-refractivity contribution in [3.63, 3.8) is 0 Å². The summed E-state index contributed by atoms with van der Waals surface area (Å²) in [6, 6.07) is 10.2. The Morgan fingerprint density at radius 1 is 1.24 bits per heavy atom. The van der Waals surface area contributed by atoms with E-state index in [9.17, 15) is 13.2 Å². The maximum atomic E-state index is 11.9. The normalized spacial score (nSPS) is 14.2. The molecule has 1 saturated carbocycles. The zero-order valence-electron chi connectivity index (χ0n) is 14.2. The van der Waals surface area contributed by atoms with Crippen molar-refractivity contribution >= 4 is 21.5 Å². The molecule has 2 aromatic rings. The molecule has 7 heteroatoms. The molecule has 25 heavy (non-hydrogen) atoms. The molecule has 3 rings (SSSR count). The predicted molar refractivity (Wildman–Crippen MR) is 94.4 cm³/mol. The minimum Gasteiger partial charge on any atom is -0.465 e. The summed E-state index contributed by atoms with van der Waals surface area (Å²) in [7, 11) is -1.96. The quantitative estimate of drug-likeness (QED) is 0.797. The van der Waals surface area contributed by atoms with Crippen LogP contribution >= 0.6 is 0 Å². The summed E-state index contributed by atoms with van der Waals surface area (Å²) in [4.78, 5) is 16.7. The van der Waals surface area contributed by atoms with E-state index in [1.807, 2.05) is 0 Å². The number of rotatable bonds is 6. The van der Waals surface area contributed by atoms with Gasteiger partial charge in [0.1, 0.15) is 0 Å². The van der Waals surface area contributed by atoms with Gasteiger partial charge in [-0.3, -0.25) is 4.98 Å². The summed E-state index contributed by atoms with van der Waals surface area (Å²) in [6.45, 7) is 0.369. The summed E-state index contributed by atoms with van der Waals surface area (Å²) >= 11 is 0. The molecule has 6 nitrogen and oxygen atoms in total. The van der Waals surface area contributed by atoms with Crippen molar-refractivity contribution in [3.05, 3.63) is 53.3 Å². The lowest BCUT2D eigenvalue weighted by Crippen LogP contribution is -2.11. The largest absolute Gasteiger partial charge is 0.465 e. The highest BCUT2D eigenvalue weighted by molar-refractivity contribution is 7.90. The first-order valence-corrected chi connectivity index (χ1v) is 9.90. The number of para-hydroxylation sites is 1. The van der Waals surface area contributed by atoms with Gasteiger partial charge >= 0.3 is 5.97 Å². The number of aromatic nitrogens is 1. The highest BCUT2D eigenvalue weighted by atomic mass is 32.2. The Balaban J connectivity index is 1.83. The number of anilines is 1. The fourth-order valence-electron chi connectivity index (χ4n) is 2.69. The van der Waals surface area contributed by atoms with Crippen molar-refractivity contribution in [1.82, 2.24) is 4.98 Å². The number of carbonyl (C=O) groups is 1. The van der Waals surface area contributed by atoms with E-state index >= 15 is 0 Å². The Morgan fingerprint density at radius 3 is 2.60 bits per heavy atom. The maximum Gasteiger partial charge on any atom is 0.339 e. The van der Waals surface area contributed by atoms with Crippen LogP contribution in [0.15, 0.2) is 41.3 Å². The Bertz CT molecular complexity index is 905. The van der Waals surface area contributed by atoms with Crippen LogP contribution in [-0.2, 0) is 21.1 Å². The van der Waals surface area contributed by atoms with E-state index in [0.717, 1.165) is 24.2 Å². The van der Waals surface area contributed by atoms with Crippen molar-refractivity contribution < 1.29 is 17.9 Å². The Labute approximate surface area is 147 Å². The molecule has 1 aliphatic carbocycles. The van der Waals surface area contributed by atoms with Gasteiger partial charge in [0.15, 0.2) is 9.84 Å². The highest BCUT2D eigenvalue weighted by Gasteiger charge is 2.30. The van der Waals surface area contributed by atoms with E-state index in [-0.39, 0.29) is 10.9 Å². The lowest BCUT2D eigenvalue weighted by Gasteiger charge is -2.12. The second kappa shape index (κ2) is 6.84. The van der Waals surface area contributed by atoms with Gasteiger partial charge in [0.2, 0.25) is 0 Å². The first-order valence-electron chi connectivity index (χ1n) is 8.01. The number of pyridine rings is 1. The highest BCUT2D eigenvalue weighted by Crippen LogP contribution is 2.40. The molecule has 0 radical (unpaired) electrons. The fraction of sp³-hybridized carbons (Fsp3) is 0.333. The van der Waals surface area contributed by atoms with Crippen LogP contribution in [0, 0.1) is 0 Å². The first-order chi connectivity index (χ1) is 11.9. The van der Waals surface area contributed by atoms with Gasteiger partial charge in [-0.15, -0.1) is 0 Å². The number of ether oxygens (including phenoxy) is 1. The molecule has 1 aromatic carbocycles. The number of carbonyl (C=O) groups excluding carboxylic acids is 1. The Hall–Kier alpha value is -2.41. The first kappa shape index (κ1) is 17.4. The van der Waals surface area contributed by atoms with Crippen LogP contribution < -0.4 is 5.32 Å². The molecule has 0 spiro atoms. The molecule has 1 aliphatic rings. The number of esters is 1. The van der Waals surface area contributed by atoms with Crippen LogP contribution in [0.4, 0.5) is 5.69 Å². The van der Waals surface area contributed by atoms with E-state index in [1.54, 1.807) is 36.4 Å². The fourth-order valence-corrected chi connectivity index (χ4v) is 3.55. The summed E-state index contributed by atoms with van der Waals surface area (Å²) in [6.07, 6.45) is 3.22. The molecular weight excluding hydrogens is 340 g/mol.